The first-order valence-electron chi connectivity index (χ1n) is 3.65. The van der Waals surface area contributed by atoms with Crippen molar-refractivity contribution in [2.45, 2.75) is 13.3 Å². The summed E-state index contributed by atoms with van der Waals surface area (Å²) in [5.41, 5.74) is 0. The highest BCUT2D eigenvalue weighted by Gasteiger charge is 2.19. The van der Waals surface area contributed by atoms with Crippen LogP contribution in [0.2, 0.25) is 0 Å². The molecule has 0 radical (unpaired) electrons. The van der Waals surface area contributed by atoms with Gasteiger partial charge in [0.05, 0.1) is 5.92 Å². The maximum absolute atomic E-state index is 10.3. The Labute approximate surface area is 60.6 Å². The van der Waals surface area contributed by atoms with Crippen molar-refractivity contribution in [3.8, 4) is 0 Å². The van der Waals surface area contributed by atoms with Crippen LogP contribution in [-0.4, -0.2) is 35.6 Å². The van der Waals surface area contributed by atoms with Crippen molar-refractivity contribution in [1.82, 2.24) is 4.90 Å². The molecule has 0 aromatic rings. The fourth-order valence-corrected chi connectivity index (χ4v) is 1.03. The summed E-state index contributed by atoms with van der Waals surface area (Å²) in [5.74, 6) is -0.896. The summed E-state index contributed by atoms with van der Waals surface area (Å²) >= 11 is 0. The Morgan fingerprint density at radius 3 is 2.60 bits per heavy atom. The molecule has 1 N–H and O–H groups in total. The van der Waals surface area contributed by atoms with Crippen molar-refractivity contribution >= 4 is 5.97 Å². The van der Waals surface area contributed by atoms with E-state index in [0.717, 1.165) is 19.6 Å². The average molecular weight is 143 g/mol. The molecule has 0 aromatic carbocycles. The first-order chi connectivity index (χ1) is 4.70. The normalized spacial score (nSPS) is 21.7. The third-order valence-corrected chi connectivity index (χ3v) is 1.90. The Morgan fingerprint density at radius 1 is 1.70 bits per heavy atom. The lowest BCUT2D eigenvalue weighted by molar-refractivity contribution is -0.142. The highest BCUT2D eigenvalue weighted by molar-refractivity contribution is 5.69. The Bertz CT molecular complexity index is 132. The highest BCUT2D eigenvalue weighted by atomic mass is 16.4. The van der Waals surface area contributed by atoms with Crippen LogP contribution < -0.4 is 0 Å². The summed E-state index contributed by atoms with van der Waals surface area (Å²) in [6.45, 7) is 4.63. The van der Waals surface area contributed by atoms with Crippen LogP contribution >= 0.6 is 0 Å². The molecule has 0 amide bonds. The van der Waals surface area contributed by atoms with Gasteiger partial charge in [-0.3, -0.25) is 4.79 Å². The van der Waals surface area contributed by atoms with Gasteiger partial charge in [0.15, 0.2) is 0 Å². The first kappa shape index (κ1) is 7.54. The van der Waals surface area contributed by atoms with Crippen LogP contribution in [0.5, 0.6) is 0 Å². The fraction of sp³-hybridized carbons (Fsp3) is 0.857. The molecule has 1 rings (SSSR count). The zero-order chi connectivity index (χ0) is 7.56. The van der Waals surface area contributed by atoms with Crippen LogP contribution in [-0.2, 0) is 4.79 Å². The third-order valence-electron chi connectivity index (χ3n) is 1.90. The number of likely N-dealkylation sites (tertiary alicyclic amines) is 1. The summed E-state index contributed by atoms with van der Waals surface area (Å²) in [7, 11) is 0. The zero-order valence-electron chi connectivity index (χ0n) is 6.21. The minimum atomic E-state index is -0.688. The predicted octanol–water partition coefficient (Wildman–Crippen LogP) is 0.413. The Kier molecular flexibility index (Phi) is 2.27. The number of carbonyl (C=O) groups is 1. The molecule has 1 aliphatic rings. The van der Waals surface area contributed by atoms with Crippen LogP contribution in [0.15, 0.2) is 0 Å². The second kappa shape index (κ2) is 3.01. The van der Waals surface area contributed by atoms with Gasteiger partial charge in [-0.25, -0.2) is 0 Å². The molecule has 10 heavy (non-hydrogen) atoms. The van der Waals surface area contributed by atoms with E-state index < -0.39 is 5.97 Å². The van der Waals surface area contributed by atoms with Crippen molar-refractivity contribution < 1.29 is 9.90 Å². The Morgan fingerprint density at radius 2 is 2.30 bits per heavy atom. The lowest BCUT2D eigenvalue weighted by Gasteiger charge is -2.31. The van der Waals surface area contributed by atoms with Crippen LogP contribution in [0, 0.1) is 5.92 Å². The molecule has 1 saturated heterocycles. The van der Waals surface area contributed by atoms with E-state index in [1.165, 1.54) is 6.42 Å². The molecule has 1 atom stereocenters. The minimum Gasteiger partial charge on any atom is -0.481 e. The van der Waals surface area contributed by atoms with Gasteiger partial charge in [0.25, 0.3) is 0 Å². The van der Waals surface area contributed by atoms with Gasteiger partial charge in [0.2, 0.25) is 0 Å². The summed E-state index contributed by atoms with van der Waals surface area (Å²) in [6.07, 6.45) is 1.23. The minimum absolute atomic E-state index is 0.208. The zero-order valence-corrected chi connectivity index (χ0v) is 6.21. The lowest BCUT2D eigenvalue weighted by atomic mass is 10.1. The van der Waals surface area contributed by atoms with Gasteiger partial charge in [0, 0.05) is 6.54 Å². The summed E-state index contributed by atoms with van der Waals surface area (Å²) in [6, 6.07) is 0. The van der Waals surface area contributed by atoms with Gasteiger partial charge < -0.3 is 10.0 Å². The van der Waals surface area contributed by atoms with Gasteiger partial charge in [-0.2, -0.15) is 0 Å². The number of carboxylic acids is 1. The molecule has 0 aliphatic carbocycles. The number of hydrogen-bond acceptors (Lipinski definition) is 2. The molecular weight excluding hydrogens is 130 g/mol. The SMILES string of the molecule is C[C@@H](CN1CCC1)C(=O)O. The second-order valence-corrected chi connectivity index (χ2v) is 2.89. The van der Waals surface area contributed by atoms with Gasteiger partial charge in [-0.15, -0.1) is 0 Å². The van der Waals surface area contributed by atoms with Crippen LogP contribution in [0.3, 0.4) is 0 Å². The topological polar surface area (TPSA) is 40.5 Å². The van der Waals surface area contributed by atoms with Crippen molar-refractivity contribution in [1.29, 1.82) is 0 Å². The van der Waals surface area contributed by atoms with E-state index in [9.17, 15) is 4.79 Å². The fourth-order valence-electron chi connectivity index (χ4n) is 1.03. The standard InChI is InChI=1S/C7H13NO2/c1-6(7(9)10)5-8-3-2-4-8/h6H,2-5H2,1H3,(H,9,10)/t6-/m0/s1. The highest BCUT2D eigenvalue weighted by Crippen LogP contribution is 2.08. The average Bonchev–Trinajstić information content (AvgIpc) is 1.77. The van der Waals surface area contributed by atoms with Gasteiger partial charge >= 0.3 is 5.97 Å². The largest absolute Gasteiger partial charge is 0.481 e. The Balaban J connectivity index is 2.16. The molecule has 0 aromatic heterocycles. The number of aliphatic carboxylic acids is 1. The van der Waals surface area contributed by atoms with E-state index in [0.29, 0.717) is 0 Å². The molecule has 58 valence electrons. The van der Waals surface area contributed by atoms with Crippen LogP contribution in [0.1, 0.15) is 13.3 Å². The van der Waals surface area contributed by atoms with Crippen molar-refractivity contribution in [2.24, 2.45) is 5.92 Å². The van der Waals surface area contributed by atoms with Gasteiger partial charge in [-0.05, 0) is 19.5 Å². The molecule has 1 fully saturated rings. The molecule has 0 bridgehead atoms. The van der Waals surface area contributed by atoms with E-state index >= 15 is 0 Å². The van der Waals surface area contributed by atoms with Gasteiger partial charge in [0.1, 0.15) is 0 Å². The van der Waals surface area contributed by atoms with Crippen LogP contribution in [0.25, 0.3) is 0 Å². The first-order valence-corrected chi connectivity index (χ1v) is 3.65. The van der Waals surface area contributed by atoms with E-state index in [-0.39, 0.29) is 5.92 Å². The summed E-state index contributed by atoms with van der Waals surface area (Å²) < 4.78 is 0. The van der Waals surface area contributed by atoms with Crippen molar-refractivity contribution in [3.63, 3.8) is 0 Å². The Hall–Kier alpha value is -0.570. The molecule has 3 nitrogen and oxygen atoms in total. The molecule has 0 saturated carbocycles. The van der Waals surface area contributed by atoms with Gasteiger partial charge in [-0.1, -0.05) is 6.92 Å². The quantitative estimate of drug-likeness (QED) is 0.622. The lowest BCUT2D eigenvalue weighted by Crippen LogP contribution is -2.41. The second-order valence-electron chi connectivity index (χ2n) is 2.89. The maximum Gasteiger partial charge on any atom is 0.307 e. The molecular formula is C7H13NO2. The van der Waals surface area contributed by atoms with E-state index in [4.69, 9.17) is 5.11 Å². The molecule has 3 heteroatoms. The molecule has 1 aliphatic heterocycles. The third kappa shape index (κ3) is 1.70. The number of carboxylic acid groups (broad SMARTS) is 1. The summed E-state index contributed by atoms with van der Waals surface area (Å²) in [5, 5.41) is 8.52. The van der Waals surface area contributed by atoms with Crippen molar-refractivity contribution in [3.05, 3.63) is 0 Å². The molecule has 0 spiro atoms. The predicted molar refractivity (Wildman–Crippen MR) is 37.9 cm³/mol. The number of hydrogen-bond donors (Lipinski definition) is 1. The number of rotatable bonds is 3. The summed E-state index contributed by atoms with van der Waals surface area (Å²) in [4.78, 5) is 12.5. The van der Waals surface area contributed by atoms with Crippen LogP contribution in [0.4, 0.5) is 0 Å². The van der Waals surface area contributed by atoms with E-state index in [1.807, 2.05) is 0 Å². The van der Waals surface area contributed by atoms with E-state index in [2.05, 4.69) is 4.90 Å². The maximum atomic E-state index is 10.3. The molecule has 1 heterocycles. The van der Waals surface area contributed by atoms with Crippen molar-refractivity contribution in [2.75, 3.05) is 19.6 Å². The monoisotopic (exact) mass is 143 g/mol. The van der Waals surface area contributed by atoms with E-state index in [1.54, 1.807) is 6.92 Å². The molecule has 0 unspecified atom stereocenters. The number of nitrogens with zero attached hydrogens (tertiary/aromatic N) is 1. The smallest absolute Gasteiger partial charge is 0.307 e.